The van der Waals surface area contributed by atoms with Crippen LogP contribution in [0.15, 0.2) is 23.1 Å². The van der Waals surface area contributed by atoms with Gasteiger partial charge in [-0.1, -0.05) is 30.9 Å². The molecule has 1 aliphatic carbocycles. The van der Waals surface area contributed by atoms with E-state index in [1.54, 1.807) is 13.0 Å². The molecule has 23 heavy (non-hydrogen) atoms. The summed E-state index contributed by atoms with van der Waals surface area (Å²) in [6, 6.07) is 3.97. The van der Waals surface area contributed by atoms with Crippen LogP contribution in [0, 0.1) is 5.82 Å². The summed E-state index contributed by atoms with van der Waals surface area (Å²) in [6.07, 6.45) is 5.33. The van der Waals surface area contributed by atoms with E-state index in [0.29, 0.717) is 4.90 Å². The molecule has 1 aliphatic rings. The second-order valence-electron chi connectivity index (χ2n) is 5.63. The number of nitrogens with one attached hydrogen (secondary N) is 2. The highest BCUT2D eigenvalue weighted by atomic mass is 35.5. The van der Waals surface area contributed by atoms with Crippen LogP contribution in [-0.4, -0.2) is 23.2 Å². The summed E-state index contributed by atoms with van der Waals surface area (Å²) in [5.74, 6) is -0.885. The maximum absolute atomic E-state index is 13.1. The lowest BCUT2D eigenvalue weighted by atomic mass is 9.96. The summed E-state index contributed by atoms with van der Waals surface area (Å²) in [7, 11) is 0. The van der Waals surface area contributed by atoms with Gasteiger partial charge >= 0.3 is 6.03 Å². The number of thioether (sulfide) groups is 1. The Bertz CT molecular complexity index is 579. The fourth-order valence-electron chi connectivity index (χ4n) is 2.49. The molecule has 1 atom stereocenters. The molecule has 2 N–H and O–H groups in total. The molecule has 7 heteroatoms. The van der Waals surface area contributed by atoms with Crippen molar-refractivity contribution in [1.82, 2.24) is 10.6 Å². The number of carbonyl (C=O) groups is 2. The fraction of sp³-hybridized carbons (Fsp3) is 0.500. The van der Waals surface area contributed by atoms with Crippen molar-refractivity contribution in [2.24, 2.45) is 0 Å². The summed E-state index contributed by atoms with van der Waals surface area (Å²) < 4.78 is 13.1. The number of amides is 3. The number of hydrogen-bond donors (Lipinski definition) is 2. The lowest BCUT2D eigenvalue weighted by Gasteiger charge is -2.23. The van der Waals surface area contributed by atoms with Crippen molar-refractivity contribution in [2.45, 2.75) is 55.2 Å². The topological polar surface area (TPSA) is 58.2 Å². The molecule has 0 spiro atoms. The number of halogens is 2. The number of imide groups is 1. The van der Waals surface area contributed by atoms with E-state index in [4.69, 9.17) is 11.6 Å². The summed E-state index contributed by atoms with van der Waals surface area (Å²) in [6.45, 7) is 1.69. The van der Waals surface area contributed by atoms with Crippen molar-refractivity contribution in [3.63, 3.8) is 0 Å². The Morgan fingerprint density at radius 2 is 2.00 bits per heavy atom. The van der Waals surface area contributed by atoms with Gasteiger partial charge in [0.2, 0.25) is 5.91 Å². The van der Waals surface area contributed by atoms with E-state index in [1.807, 2.05) is 0 Å². The minimum atomic E-state index is -0.500. The summed E-state index contributed by atoms with van der Waals surface area (Å²) in [4.78, 5) is 24.6. The van der Waals surface area contributed by atoms with Crippen molar-refractivity contribution < 1.29 is 14.0 Å². The molecule has 1 aromatic carbocycles. The van der Waals surface area contributed by atoms with Gasteiger partial charge in [-0.05, 0) is 38.0 Å². The molecular weight excluding hydrogens is 339 g/mol. The van der Waals surface area contributed by atoms with Crippen LogP contribution in [0.4, 0.5) is 9.18 Å². The summed E-state index contributed by atoms with van der Waals surface area (Å²) in [5, 5.41) is 4.71. The minimum absolute atomic E-state index is 0.0117. The van der Waals surface area contributed by atoms with Crippen LogP contribution >= 0.6 is 23.4 Å². The molecule has 4 nitrogen and oxygen atoms in total. The second kappa shape index (κ2) is 8.55. The first kappa shape index (κ1) is 18.1. The van der Waals surface area contributed by atoms with Gasteiger partial charge in [-0.25, -0.2) is 9.18 Å². The average molecular weight is 359 g/mol. The molecule has 1 fully saturated rings. The molecule has 0 radical (unpaired) electrons. The molecule has 0 saturated heterocycles. The molecular formula is C16H20ClFN2O2S. The molecule has 3 amide bonds. The van der Waals surface area contributed by atoms with Gasteiger partial charge < -0.3 is 5.32 Å². The van der Waals surface area contributed by atoms with Gasteiger partial charge in [-0.2, -0.15) is 0 Å². The highest BCUT2D eigenvalue weighted by molar-refractivity contribution is 8.00. The Hall–Kier alpha value is -1.27. The monoisotopic (exact) mass is 358 g/mol. The first-order valence-electron chi connectivity index (χ1n) is 7.69. The molecule has 0 aromatic heterocycles. The lowest BCUT2D eigenvalue weighted by Crippen LogP contribution is -2.47. The zero-order valence-corrected chi connectivity index (χ0v) is 14.5. The number of carbonyl (C=O) groups excluding carboxylic acids is 2. The third-order valence-corrected chi connectivity index (χ3v) is 5.13. The van der Waals surface area contributed by atoms with Crippen molar-refractivity contribution in [3.05, 3.63) is 29.0 Å². The standard InChI is InChI=1S/C16H20ClFN2O2S/c1-10(23-12-7-8-14(18)13(17)9-12)15(21)20-16(22)19-11-5-3-2-4-6-11/h7-11H,2-6H2,1H3,(H2,19,20,21,22)/t10-/m0/s1. The Labute approximate surface area is 144 Å². The van der Waals surface area contributed by atoms with Crippen molar-refractivity contribution in [2.75, 3.05) is 0 Å². The smallest absolute Gasteiger partial charge is 0.321 e. The maximum atomic E-state index is 13.1. The van der Waals surface area contributed by atoms with E-state index in [-0.39, 0.29) is 17.0 Å². The number of benzene rings is 1. The zero-order valence-electron chi connectivity index (χ0n) is 12.9. The number of rotatable bonds is 4. The number of hydrogen-bond acceptors (Lipinski definition) is 3. The van der Waals surface area contributed by atoms with Crippen LogP contribution in [0.25, 0.3) is 0 Å². The van der Waals surface area contributed by atoms with Crippen LogP contribution in [0.1, 0.15) is 39.0 Å². The largest absolute Gasteiger partial charge is 0.335 e. The minimum Gasteiger partial charge on any atom is -0.335 e. The maximum Gasteiger partial charge on any atom is 0.321 e. The molecule has 0 heterocycles. The van der Waals surface area contributed by atoms with Gasteiger partial charge in [0.05, 0.1) is 10.3 Å². The van der Waals surface area contributed by atoms with Gasteiger partial charge in [-0.3, -0.25) is 10.1 Å². The van der Waals surface area contributed by atoms with Crippen LogP contribution in [-0.2, 0) is 4.79 Å². The van der Waals surface area contributed by atoms with Gasteiger partial charge in [0, 0.05) is 10.9 Å². The van der Waals surface area contributed by atoms with Crippen LogP contribution < -0.4 is 10.6 Å². The Morgan fingerprint density at radius 3 is 2.65 bits per heavy atom. The van der Waals surface area contributed by atoms with Crippen molar-refractivity contribution in [1.29, 1.82) is 0 Å². The van der Waals surface area contributed by atoms with Gasteiger partial charge in [0.15, 0.2) is 0 Å². The van der Waals surface area contributed by atoms with Gasteiger partial charge in [0.1, 0.15) is 5.82 Å². The van der Waals surface area contributed by atoms with Crippen LogP contribution in [0.5, 0.6) is 0 Å². The SMILES string of the molecule is C[C@H](Sc1ccc(F)c(Cl)c1)C(=O)NC(=O)NC1CCCCC1. The molecule has 0 bridgehead atoms. The van der Waals surface area contributed by atoms with Crippen molar-refractivity contribution >= 4 is 35.3 Å². The third-order valence-electron chi connectivity index (χ3n) is 3.75. The van der Waals surface area contributed by atoms with Crippen molar-refractivity contribution in [3.8, 4) is 0 Å². The van der Waals surface area contributed by atoms with E-state index < -0.39 is 17.1 Å². The van der Waals surface area contributed by atoms with E-state index >= 15 is 0 Å². The second-order valence-corrected chi connectivity index (χ2v) is 7.46. The molecule has 126 valence electrons. The Morgan fingerprint density at radius 1 is 1.30 bits per heavy atom. The quantitative estimate of drug-likeness (QED) is 0.796. The van der Waals surface area contributed by atoms with E-state index in [2.05, 4.69) is 10.6 Å². The van der Waals surface area contributed by atoms with E-state index in [1.165, 1.54) is 30.3 Å². The molecule has 1 saturated carbocycles. The van der Waals surface area contributed by atoms with Crippen LogP contribution in [0.3, 0.4) is 0 Å². The first-order chi connectivity index (χ1) is 11.0. The third kappa shape index (κ3) is 5.70. The summed E-state index contributed by atoms with van der Waals surface area (Å²) in [5.41, 5.74) is 0. The first-order valence-corrected chi connectivity index (χ1v) is 8.94. The summed E-state index contributed by atoms with van der Waals surface area (Å²) >= 11 is 6.94. The molecule has 2 rings (SSSR count). The molecule has 1 aromatic rings. The molecule has 0 unspecified atom stereocenters. The Balaban J connectivity index is 1.81. The predicted molar refractivity (Wildman–Crippen MR) is 90.3 cm³/mol. The lowest BCUT2D eigenvalue weighted by molar-refractivity contribution is -0.119. The highest BCUT2D eigenvalue weighted by Crippen LogP contribution is 2.27. The zero-order chi connectivity index (χ0) is 16.8. The normalized spacial score (nSPS) is 16.7. The predicted octanol–water partition coefficient (Wildman–Crippen LogP) is 4.12. The van der Waals surface area contributed by atoms with Gasteiger partial charge in [0.25, 0.3) is 0 Å². The average Bonchev–Trinajstić information content (AvgIpc) is 2.51. The fourth-order valence-corrected chi connectivity index (χ4v) is 3.64. The highest BCUT2D eigenvalue weighted by Gasteiger charge is 2.20. The molecule has 0 aliphatic heterocycles. The van der Waals surface area contributed by atoms with Gasteiger partial charge in [-0.15, -0.1) is 11.8 Å². The van der Waals surface area contributed by atoms with E-state index in [9.17, 15) is 14.0 Å². The number of urea groups is 1. The van der Waals surface area contributed by atoms with E-state index in [0.717, 1.165) is 25.7 Å². The van der Waals surface area contributed by atoms with Crippen LogP contribution in [0.2, 0.25) is 5.02 Å². The Kier molecular flexibility index (Phi) is 6.72.